The van der Waals surface area contributed by atoms with Gasteiger partial charge in [-0.15, -0.1) is 0 Å². The van der Waals surface area contributed by atoms with Crippen molar-refractivity contribution in [1.29, 1.82) is 0 Å². The van der Waals surface area contributed by atoms with E-state index in [0.717, 1.165) is 11.3 Å². The number of ether oxygens (including phenoxy) is 1. The second-order valence-electron chi connectivity index (χ2n) is 3.18. The topological polar surface area (TPSA) is 51.5 Å². The summed E-state index contributed by atoms with van der Waals surface area (Å²) in [7, 11) is 0. The first-order valence-corrected chi connectivity index (χ1v) is 4.42. The lowest BCUT2D eigenvalue weighted by Crippen LogP contribution is -2.15. The van der Waals surface area contributed by atoms with Gasteiger partial charge in [-0.2, -0.15) is 0 Å². The highest BCUT2D eigenvalue weighted by Crippen LogP contribution is 2.15. The van der Waals surface area contributed by atoms with Crippen molar-refractivity contribution < 1.29 is 13.9 Å². The van der Waals surface area contributed by atoms with Crippen molar-refractivity contribution in [2.45, 2.75) is 13.0 Å². The van der Waals surface area contributed by atoms with Crippen molar-refractivity contribution in [3.8, 4) is 0 Å². The van der Waals surface area contributed by atoms with Crippen molar-refractivity contribution in [1.82, 2.24) is 5.32 Å². The van der Waals surface area contributed by atoms with Crippen molar-refractivity contribution in [3.63, 3.8) is 0 Å². The van der Waals surface area contributed by atoms with Gasteiger partial charge < -0.3 is 14.5 Å². The molecule has 0 bridgehead atoms. The van der Waals surface area contributed by atoms with Gasteiger partial charge in [-0.3, -0.25) is 0 Å². The number of nitrogens with one attached hydrogen (secondary N) is 1. The van der Waals surface area contributed by atoms with E-state index in [1.807, 2.05) is 25.1 Å². The van der Waals surface area contributed by atoms with Gasteiger partial charge in [0.15, 0.2) is 0 Å². The Kier molecular flexibility index (Phi) is 2.26. The molecule has 0 spiro atoms. The average molecular weight is 193 g/mol. The van der Waals surface area contributed by atoms with Crippen LogP contribution in [-0.4, -0.2) is 18.7 Å². The third-order valence-corrected chi connectivity index (χ3v) is 2.10. The van der Waals surface area contributed by atoms with E-state index in [1.165, 1.54) is 0 Å². The second-order valence-corrected chi connectivity index (χ2v) is 3.18. The van der Waals surface area contributed by atoms with Crippen molar-refractivity contribution >= 4 is 12.2 Å². The second kappa shape index (κ2) is 3.57. The molecule has 0 aromatic carbocycles. The Bertz CT molecular complexity index is 353. The number of amides is 1. The molecule has 1 amide bonds. The molecule has 1 aliphatic heterocycles. The average Bonchev–Trinajstić information content (AvgIpc) is 2.75. The lowest BCUT2D eigenvalue weighted by atomic mass is 10.1. The Labute approximate surface area is 81.5 Å². The number of hydrogen-bond donors (Lipinski definition) is 1. The minimum absolute atomic E-state index is 0.174. The fourth-order valence-electron chi connectivity index (χ4n) is 1.33. The summed E-state index contributed by atoms with van der Waals surface area (Å²) in [6, 6.07) is 3.67. The zero-order valence-electron chi connectivity index (χ0n) is 7.82. The van der Waals surface area contributed by atoms with Crippen LogP contribution in [-0.2, 0) is 4.74 Å². The lowest BCUT2D eigenvalue weighted by molar-refractivity contribution is 0.154. The normalized spacial score (nSPS) is 21.9. The first kappa shape index (κ1) is 8.87. The van der Waals surface area contributed by atoms with Crippen LogP contribution in [0.5, 0.6) is 0 Å². The minimum atomic E-state index is -0.359. The maximum atomic E-state index is 10.8. The molecule has 1 aliphatic rings. The number of carbonyl (C=O) groups excluding carboxylic acids is 1. The van der Waals surface area contributed by atoms with E-state index in [4.69, 9.17) is 9.15 Å². The molecule has 74 valence electrons. The molecule has 1 N–H and O–H groups in total. The highest BCUT2D eigenvalue weighted by atomic mass is 16.6. The zero-order valence-corrected chi connectivity index (χ0v) is 7.82. The van der Waals surface area contributed by atoms with Gasteiger partial charge in [0.25, 0.3) is 0 Å². The predicted octanol–water partition coefficient (Wildman–Crippen LogP) is 1.79. The standard InChI is InChI=1S/C10H11NO3/c1-7(5-8-3-2-4-13-8)9-6-11-10(12)14-9/h2-5,9H,6H2,1H3,(H,11,12)/b7-5+. The van der Waals surface area contributed by atoms with Crippen LogP contribution >= 0.6 is 0 Å². The molecule has 2 rings (SSSR count). The maximum Gasteiger partial charge on any atom is 0.407 e. The summed E-state index contributed by atoms with van der Waals surface area (Å²) in [5.41, 5.74) is 0.971. The van der Waals surface area contributed by atoms with E-state index >= 15 is 0 Å². The molecular formula is C10H11NO3. The van der Waals surface area contributed by atoms with E-state index in [-0.39, 0.29) is 12.2 Å². The number of furan rings is 1. The summed E-state index contributed by atoms with van der Waals surface area (Å²) < 4.78 is 10.2. The first-order chi connectivity index (χ1) is 6.75. The summed E-state index contributed by atoms with van der Waals surface area (Å²) >= 11 is 0. The van der Waals surface area contributed by atoms with E-state index in [9.17, 15) is 4.79 Å². The monoisotopic (exact) mass is 193 g/mol. The number of carbonyl (C=O) groups is 1. The fourth-order valence-corrected chi connectivity index (χ4v) is 1.33. The largest absolute Gasteiger partial charge is 0.465 e. The van der Waals surface area contributed by atoms with Crippen LogP contribution in [0.2, 0.25) is 0 Å². The smallest absolute Gasteiger partial charge is 0.407 e. The Morgan fingerprint density at radius 1 is 1.71 bits per heavy atom. The molecule has 1 aromatic heterocycles. The SMILES string of the molecule is C/C(=C\c1ccco1)C1CNC(=O)O1. The third-order valence-electron chi connectivity index (χ3n) is 2.10. The summed E-state index contributed by atoms with van der Waals surface area (Å²) in [6.45, 7) is 2.44. The van der Waals surface area contributed by atoms with Crippen LogP contribution in [0.15, 0.2) is 28.4 Å². The molecule has 1 atom stereocenters. The van der Waals surface area contributed by atoms with Gasteiger partial charge >= 0.3 is 6.09 Å². The quantitative estimate of drug-likeness (QED) is 0.779. The van der Waals surface area contributed by atoms with Crippen LogP contribution in [0.1, 0.15) is 12.7 Å². The number of hydrogen-bond acceptors (Lipinski definition) is 3. The molecule has 14 heavy (non-hydrogen) atoms. The molecule has 4 heteroatoms. The summed E-state index contributed by atoms with van der Waals surface area (Å²) in [6.07, 6.45) is 2.94. The Hall–Kier alpha value is -1.71. The zero-order chi connectivity index (χ0) is 9.97. The van der Waals surface area contributed by atoms with Gasteiger partial charge in [0.1, 0.15) is 11.9 Å². The predicted molar refractivity (Wildman–Crippen MR) is 50.6 cm³/mol. The van der Waals surface area contributed by atoms with E-state index in [1.54, 1.807) is 6.26 Å². The maximum absolute atomic E-state index is 10.8. The molecule has 1 unspecified atom stereocenters. The Morgan fingerprint density at radius 3 is 3.14 bits per heavy atom. The Balaban J connectivity index is 2.08. The molecule has 1 fully saturated rings. The van der Waals surface area contributed by atoms with E-state index in [2.05, 4.69) is 5.32 Å². The van der Waals surface area contributed by atoms with Crippen molar-refractivity contribution in [2.24, 2.45) is 0 Å². The third kappa shape index (κ3) is 1.79. The summed E-state index contributed by atoms with van der Waals surface area (Å²) in [5, 5.41) is 2.60. The van der Waals surface area contributed by atoms with Crippen molar-refractivity contribution in [3.05, 3.63) is 29.7 Å². The van der Waals surface area contributed by atoms with Gasteiger partial charge in [0.2, 0.25) is 0 Å². The highest BCUT2D eigenvalue weighted by Gasteiger charge is 2.23. The number of alkyl carbamates (subject to hydrolysis) is 1. The molecule has 2 heterocycles. The molecule has 0 aliphatic carbocycles. The lowest BCUT2D eigenvalue weighted by Gasteiger charge is -2.06. The van der Waals surface area contributed by atoms with Crippen LogP contribution in [0.3, 0.4) is 0 Å². The van der Waals surface area contributed by atoms with E-state index < -0.39 is 0 Å². The van der Waals surface area contributed by atoms with Crippen LogP contribution < -0.4 is 5.32 Å². The van der Waals surface area contributed by atoms with Crippen LogP contribution in [0, 0.1) is 0 Å². The van der Waals surface area contributed by atoms with Gasteiger partial charge in [0, 0.05) is 0 Å². The molecular weight excluding hydrogens is 182 g/mol. The van der Waals surface area contributed by atoms with Crippen LogP contribution in [0.4, 0.5) is 4.79 Å². The minimum Gasteiger partial charge on any atom is -0.465 e. The van der Waals surface area contributed by atoms with Gasteiger partial charge in [0.05, 0.1) is 12.8 Å². The first-order valence-electron chi connectivity index (χ1n) is 4.42. The van der Waals surface area contributed by atoms with Crippen LogP contribution in [0.25, 0.3) is 6.08 Å². The fraction of sp³-hybridized carbons (Fsp3) is 0.300. The number of cyclic esters (lactones) is 1. The van der Waals surface area contributed by atoms with E-state index in [0.29, 0.717) is 6.54 Å². The number of rotatable bonds is 2. The molecule has 1 saturated heterocycles. The van der Waals surface area contributed by atoms with Gasteiger partial charge in [-0.1, -0.05) is 0 Å². The molecule has 0 saturated carbocycles. The highest BCUT2D eigenvalue weighted by molar-refractivity contribution is 5.70. The van der Waals surface area contributed by atoms with Gasteiger partial charge in [-0.25, -0.2) is 4.79 Å². The molecule has 0 radical (unpaired) electrons. The summed E-state index contributed by atoms with van der Waals surface area (Å²) in [4.78, 5) is 10.8. The van der Waals surface area contributed by atoms with Crippen molar-refractivity contribution in [2.75, 3.05) is 6.54 Å². The summed E-state index contributed by atoms with van der Waals surface area (Å²) in [5.74, 6) is 0.769. The Morgan fingerprint density at radius 2 is 2.57 bits per heavy atom. The molecule has 4 nitrogen and oxygen atoms in total. The molecule has 1 aromatic rings. The van der Waals surface area contributed by atoms with Gasteiger partial charge in [-0.05, 0) is 30.7 Å².